The number of Topliss-reactive ketones (excluding diaryl/α,β-unsaturated/α-hetero) is 1. The Labute approximate surface area is 150 Å². The minimum absolute atomic E-state index is 0.338. The van der Waals surface area contributed by atoms with Gasteiger partial charge in [0, 0.05) is 5.92 Å². The highest BCUT2D eigenvalue weighted by Crippen LogP contribution is 2.67. The molecule has 0 aromatic carbocycles. The van der Waals surface area contributed by atoms with Crippen molar-refractivity contribution in [3.05, 3.63) is 0 Å². The second-order valence-electron chi connectivity index (χ2n) is 9.69. The van der Waals surface area contributed by atoms with Gasteiger partial charge in [-0.3, -0.25) is 4.79 Å². The number of hydrogen-bond donors (Lipinski definition) is 0. The third-order valence-corrected chi connectivity index (χ3v) is 9.07. The summed E-state index contributed by atoms with van der Waals surface area (Å²) in [6, 6.07) is 0. The highest BCUT2D eigenvalue weighted by Gasteiger charge is 2.60. The molecule has 4 rings (SSSR count). The molecule has 0 heterocycles. The van der Waals surface area contributed by atoms with Crippen LogP contribution in [0, 0.1) is 40.4 Å². The fourth-order valence-electron chi connectivity index (χ4n) is 7.96. The lowest BCUT2D eigenvalue weighted by atomic mass is 9.45. The van der Waals surface area contributed by atoms with Crippen LogP contribution in [0.5, 0.6) is 0 Å². The van der Waals surface area contributed by atoms with Crippen LogP contribution < -0.4 is 0 Å². The Bertz CT molecular complexity index is 469. The van der Waals surface area contributed by atoms with E-state index in [0.29, 0.717) is 22.5 Å². The van der Waals surface area contributed by atoms with Crippen molar-refractivity contribution < 1.29 is 4.79 Å². The first-order valence-electron chi connectivity index (χ1n) is 11.0. The Hall–Kier alpha value is -0.330. The molecule has 0 bridgehead atoms. The third-order valence-electron chi connectivity index (χ3n) is 9.07. The van der Waals surface area contributed by atoms with Crippen molar-refractivity contribution in [1.82, 2.24) is 0 Å². The van der Waals surface area contributed by atoms with Crippen LogP contribution in [0.3, 0.4) is 0 Å². The summed E-state index contributed by atoms with van der Waals surface area (Å²) in [5, 5.41) is 0. The molecule has 0 saturated heterocycles. The van der Waals surface area contributed by atoms with Crippen LogP contribution in [0.1, 0.15) is 98.8 Å². The summed E-state index contributed by atoms with van der Waals surface area (Å²) in [7, 11) is 0. The van der Waals surface area contributed by atoms with Gasteiger partial charge in [0.25, 0.3) is 0 Å². The normalized spacial score (nSPS) is 50.0. The molecule has 1 heteroatoms. The molecule has 0 aromatic heterocycles. The molecule has 1 nitrogen and oxygen atoms in total. The summed E-state index contributed by atoms with van der Waals surface area (Å²) in [5.41, 5.74) is 0.974. The zero-order valence-corrected chi connectivity index (χ0v) is 16.9. The summed E-state index contributed by atoms with van der Waals surface area (Å²) in [6.45, 7) is 11.0. The quantitative estimate of drug-likeness (QED) is 0.525. The van der Waals surface area contributed by atoms with Crippen molar-refractivity contribution in [2.45, 2.75) is 98.8 Å². The molecule has 7 atom stereocenters. The van der Waals surface area contributed by atoms with E-state index in [1.807, 2.05) is 20.8 Å². The Kier molecular flexibility index (Phi) is 5.20. The summed E-state index contributed by atoms with van der Waals surface area (Å²) in [5.74, 6) is 4.60. The maximum absolute atomic E-state index is 12.2. The van der Waals surface area contributed by atoms with E-state index in [1.54, 1.807) is 0 Å². The Balaban J connectivity index is 0.000000815. The van der Waals surface area contributed by atoms with Gasteiger partial charge in [-0.05, 0) is 92.8 Å². The first-order chi connectivity index (χ1) is 11.5. The summed E-state index contributed by atoms with van der Waals surface area (Å²) < 4.78 is 0. The van der Waals surface area contributed by atoms with E-state index in [2.05, 4.69) is 13.8 Å². The topological polar surface area (TPSA) is 17.1 Å². The van der Waals surface area contributed by atoms with Crippen LogP contribution in [-0.2, 0) is 4.79 Å². The number of fused-ring (bicyclic) bond motifs is 5. The lowest BCUT2D eigenvalue weighted by Gasteiger charge is -2.60. The van der Waals surface area contributed by atoms with E-state index >= 15 is 0 Å². The van der Waals surface area contributed by atoms with Crippen LogP contribution in [0.2, 0.25) is 0 Å². The zero-order valence-electron chi connectivity index (χ0n) is 16.9. The molecule has 0 spiro atoms. The van der Waals surface area contributed by atoms with Crippen LogP contribution in [-0.4, -0.2) is 5.78 Å². The van der Waals surface area contributed by atoms with Crippen molar-refractivity contribution >= 4 is 5.78 Å². The number of ketones is 1. The average Bonchev–Trinajstić information content (AvgIpc) is 2.93. The molecule has 24 heavy (non-hydrogen) atoms. The van der Waals surface area contributed by atoms with E-state index in [4.69, 9.17) is 0 Å². The highest BCUT2D eigenvalue weighted by molar-refractivity contribution is 5.79. The van der Waals surface area contributed by atoms with Crippen molar-refractivity contribution in [1.29, 1.82) is 0 Å². The number of rotatable bonds is 1. The molecule has 6 unspecified atom stereocenters. The van der Waals surface area contributed by atoms with Gasteiger partial charge < -0.3 is 0 Å². The minimum Gasteiger partial charge on any atom is -0.300 e. The van der Waals surface area contributed by atoms with Crippen LogP contribution >= 0.6 is 0 Å². The number of hydrogen-bond acceptors (Lipinski definition) is 1. The van der Waals surface area contributed by atoms with Crippen LogP contribution in [0.4, 0.5) is 0 Å². The fraction of sp³-hybridized carbons (Fsp3) is 0.957. The van der Waals surface area contributed by atoms with Gasteiger partial charge in [-0.1, -0.05) is 40.5 Å². The van der Waals surface area contributed by atoms with Gasteiger partial charge in [-0.2, -0.15) is 0 Å². The van der Waals surface area contributed by atoms with Crippen molar-refractivity contribution in [2.24, 2.45) is 40.4 Å². The highest BCUT2D eigenvalue weighted by atomic mass is 16.1. The first kappa shape index (κ1) is 18.5. The van der Waals surface area contributed by atoms with Crippen LogP contribution in [0.25, 0.3) is 0 Å². The first-order valence-corrected chi connectivity index (χ1v) is 11.0. The second-order valence-corrected chi connectivity index (χ2v) is 9.69. The van der Waals surface area contributed by atoms with E-state index in [9.17, 15) is 4.79 Å². The van der Waals surface area contributed by atoms with Crippen molar-refractivity contribution in [2.75, 3.05) is 0 Å². The Morgan fingerprint density at radius 1 is 0.792 bits per heavy atom. The summed E-state index contributed by atoms with van der Waals surface area (Å²) in [6.07, 6.45) is 14.1. The third kappa shape index (κ3) is 2.60. The lowest BCUT2D eigenvalue weighted by molar-refractivity contribution is -0.133. The SMILES string of the molecule is CC.CC(=O)C1CCC2C3CCC4CCCCC4(C)C3CC[C@]12C. The van der Waals surface area contributed by atoms with Crippen LogP contribution in [0.15, 0.2) is 0 Å². The fourth-order valence-corrected chi connectivity index (χ4v) is 7.96. The number of carbonyl (C=O) groups excluding carboxylic acids is 1. The molecule has 4 saturated carbocycles. The standard InChI is InChI=1S/C21H34O.C2H6/c1-14(22)17-9-10-18-16-8-7-15-6-4-5-12-20(15,2)19(16)11-13-21(17,18)3;1-2/h15-19H,4-13H2,1-3H3;1-2H3/t15?,16?,17?,18?,19?,20?,21-;/m1./s1. The maximum Gasteiger partial charge on any atom is 0.133 e. The molecule has 0 radical (unpaired) electrons. The van der Waals surface area contributed by atoms with Gasteiger partial charge in [-0.25, -0.2) is 0 Å². The van der Waals surface area contributed by atoms with Gasteiger partial charge in [-0.15, -0.1) is 0 Å². The van der Waals surface area contributed by atoms with E-state index < -0.39 is 0 Å². The van der Waals surface area contributed by atoms with Gasteiger partial charge in [0.05, 0.1) is 0 Å². The summed E-state index contributed by atoms with van der Waals surface area (Å²) >= 11 is 0. The Morgan fingerprint density at radius 2 is 1.50 bits per heavy atom. The molecule has 0 amide bonds. The van der Waals surface area contributed by atoms with E-state index in [0.717, 1.165) is 23.7 Å². The van der Waals surface area contributed by atoms with E-state index in [-0.39, 0.29) is 0 Å². The second kappa shape index (κ2) is 6.76. The zero-order chi connectivity index (χ0) is 17.5. The smallest absolute Gasteiger partial charge is 0.133 e. The molecule has 4 aliphatic carbocycles. The average molecular weight is 333 g/mol. The summed E-state index contributed by atoms with van der Waals surface area (Å²) in [4.78, 5) is 12.2. The molecule has 0 N–H and O–H groups in total. The van der Waals surface area contributed by atoms with Gasteiger partial charge in [0.1, 0.15) is 5.78 Å². The lowest BCUT2D eigenvalue weighted by Crippen LogP contribution is -2.53. The molecule has 138 valence electrons. The van der Waals surface area contributed by atoms with Crippen molar-refractivity contribution in [3.8, 4) is 0 Å². The molecule has 0 aliphatic heterocycles. The minimum atomic E-state index is 0.338. The Morgan fingerprint density at radius 3 is 2.21 bits per heavy atom. The molecular weight excluding hydrogens is 292 g/mol. The van der Waals surface area contributed by atoms with Gasteiger partial charge in [0.15, 0.2) is 0 Å². The predicted octanol–water partition coefficient (Wildman–Crippen LogP) is 6.65. The molecule has 0 aromatic rings. The molecule has 4 fully saturated rings. The van der Waals surface area contributed by atoms with E-state index in [1.165, 1.54) is 64.2 Å². The molecule has 4 aliphatic rings. The maximum atomic E-state index is 12.2. The monoisotopic (exact) mass is 332 g/mol. The largest absolute Gasteiger partial charge is 0.300 e. The van der Waals surface area contributed by atoms with Gasteiger partial charge in [0.2, 0.25) is 0 Å². The molecular formula is C23H40O. The van der Waals surface area contributed by atoms with Crippen molar-refractivity contribution in [3.63, 3.8) is 0 Å². The predicted molar refractivity (Wildman–Crippen MR) is 102 cm³/mol. The van der Waals surface area contributed by atoms with Gasteiger partial charge >= 0.3 is 0 Å². The number of carbonyl (C=O) groups is 1.